The van der Waals surface area contributed by atoms with Crippen molar-refractivity contribution in [1.82, 2.24) is 5.32 Å². The number of hydrogen-bond acceptors (Lipinski definition) is 3. The number of alkyl halides is 3. The molecule has 0 atom stereocenters. The highest BCUT2D eigenvalue weighted by molar-refractivity contribution is 8.13. The van der Waals surface area contributed by atoms with Gasteiger partial charge in [-0.3, -0.25) is 5.32 Å². The first-order valence-corrected chi connectivity index (χ1v) is 5.75. The SMILES string of the molecule is CSC(=Nc1ccc(C(F)(F)F)cc1F)NC#N. The minimum absolute atomic E-state index is 0.0937. The Bertz CT molecular complexity index is 505. The fourth-order valence-corrected chi connectivity index (χ4v) is 1.39. The molecule has 1 N–H and O–H groups in total. The van der Waals surface area contributed by atoms with Crippen molar-refractivity contribution in [3.63, 3.8) is 0 Å². The fourth-order valence-electron chi connectivity index (χ4n) is 1.06. The lowest BCUT2D eigenvalue weighted by molar-refractivity contribution is -0.137. The summed E-state index contributed by atoms with van der Waals surface area (Å²) in [6, 6.07) is 2.00. The molecule has 96 valence electrons. The standard InChI is InChI=1S/C10H7F4N3S/c1-18-9(16-5-15)17-8-3-2-6(4-7(8)11)10(12,13)14/h2-4H,1H3,(H,16,17). The number of rotatable bonds is 1. The molecule has 0 heterocycles. The quantitative estimate of drug-likeness (QED) is 0.282. The first kappa shape index (κ1) is 14.3. The molecule has 0 saturated carbocycles. The van der Waals surface area contributed by atoms with Crippen LogP contribution < -0.4 is 5.32 Å². The summed E-state index contributed by atoms with van der Waals surface area (Å²) < 4.78 is 50.3. The number of nitrogens with one attached hydrogen (secondary N) is 1. The van der Waals surface area contributed by atoms with Gasteiger partial charge in [-0.1, -0.05) is 11.8 Å². The van der Waals surface area contributed by atoms with E-state index in [1.165, 1.54) is 0 Å². The van der Waals surface area contributed by atoms with E-state index in [2.05, 4.69) is 10.3 Å². The van der Waals surface area contributed by atoms with Gasteiger partial charge in [0.15, 0.2) is 11.4 Å². The van der Waals surface area contributed by atoms with Gasteiger partial charge in [0.2, 0.25) is 0 Å². The number of nitriles is 1. The van der Waals surface area contributed by atoms with Crippen molar-refractivity contribution in [2.45, 2.75) is 6.18 Å². The molecule has 1 aromatic carbocycles. The van der Waals surface area contributed by atoms with Crippen LogP contribution in [0.1, 0.15) is 5.56 Å². The summed E-state index contributed by atoms with van der Waals surface area (Å²) >= 11 is 1.04. The summed E-state index contributed by atoms with van der Waals surface area (Å²) in [5.41, 5.74) is -1.35. The Morgan fingerprint density at radius 2 is 2.11 bits per heavy atom. The summed E-state index contributed by atoms with van der Waals surface area (Å²) in [7, 11) is 0. The molecule has 0 unspecified atom stereocenters. The van der Waals surface area contributed by atoms with Crippen LogP contribution in [0.3, 0.4) is 0 Å². The van der Waals surface area contributed by atoms with E-state index in [9.17, 15) is 17.6 Å². The Labute approximate surface area is 105 Å². The Morgan fingerprint density at radius 3 is 2.56 bits per heavy atom. The van der Waals surface area contributed by atoms with Crippen molar-refractivity contribution in [2.24, 2.45) is 4.99 Å². The van der Waals surface area contributed by atoms with Crippen LogP contribution in [-0.2, 0) is 6.18 Å². The number of thioether (sulfide) groups is 1. The fraction of sp³-hybridized carbons (Fsp3) is 0.200. The zero-order valence-electron chi connectivity index (χ0n) is 9.05. The van der Waals surface area contributed by atoms with Crippen molar-refractivity contribution in [3.05, 3.63) is 29.6 Å². The summed E-state index contributed by atoms with van der Waals surface area (Å²) in [5, 5.41) is 10.6. The molecule has 0 fully saturated rings. The van der Waals surface area contributed by atoms with Gasteiger partial charge < -0.3 is 0 Å². The van der Waals surface area contributed by atoms with Crippen LogP contribution >= 0.6 is 11.8 Å². The highest BCUT2D eigenvalue weighted by atomic mass is 32.2. The van der Waals surface area contributed by atoms with E-state index in [4.69, 9.17) is 5.26 Å². The molecular weight excluding hydrogens is 270 g/mol. The van der Waals surface area contributed by atoms with Gasteiger partial charge in [-0.15, -0.1) is 0 Å². The highest BCUT2D eigenvalue weighted by Gasteiger charge is 2.31. The van der Waals surface area contributed by atoms with E-state index >= 15 is 0 Å². The predicted molar refractivity (Wildman–Crippen MR) is 60.8 cm³/mol. The van der Waals surface area contributed by atoms with Crippen LogP contribution in [0.4, 0.5) is 23.2 Å². The van der Waals surface area contributed by atoms with Gasteiger partial charge in [0.1, 0.15) is 11.5 Å². The Kier molecular flexibility index (Phi) is 4.55. The highest BCUT2D eigenvalue weighted by Crippen LogP contribution is 2.32. The second-order valence-electron chi connectivity index (χ2n) is 3.02. The molecular formula is C10H7F4N3S. The third-order valence-corrected chi connectivity index (χ3v) is 2.43. The number of benzene rings is 1. The van der Waals surface area contributed by atoms with Gasteiger partial charge >= 0.3 is 6.18 Å². The molecule has 0 aliphatic carbocycles. The molecule has 0 aliphatic heterocycles. The molecule has 0 bridgehead atoms. The lowest BCUT2D eigenvalue weighted by Crippen LogP contribution is -2.12. The van der Waals surface area contributed by atoms with Gasteiger partial charge in [0.05, 0.1) is 5.56 Å². The van der Waals surface area contributed by atoms with Crippen LogP contribution in [0.15, 0.2) is 23.2 Å². The predicted octanol–water partition coefficient (Wildman–Crippen LogP) is 3.27. The maximum absolute atomic E-state index is 13.4. The van der Waals surface area contributed by atoms with E-state index in [-0.39, 0.29) is 10.9 Å². The Hall–Kier alpha value is -1.75. The van der Waals surface area contributed by atoms with Gasteiger partial charge in [0, 0.05) is 0 Å². The zero-order chi connectivity index (χ0) is 13.8. The average Bonchev–Trinajstić information content (AvgIpc) is 2.29. The normalized spacial score (nSPS) is 12.1. The Balaban J connectivity index is 3.11. The lowest BCUT2D eigenvalue weighted by atomic mass is 10.2. The number of nitrogens with zero attached hydrogens (tertiary/aromatic N) is 2. The van der Waals surface area contributed by atoms with Crippen molar-refractivity contribution in [3.8, 4) is 6.19 Å². The molecule has 0 aliphatic rings. The molecule has 3 nitrogen and oxygen atoms in total. The maximum atomic E-state index is 13.4. The smallest absolute Gasteiger partial charge is 0.271 e. The first-order valence-electron chi connectivity index (χ1n) is 4.53. The average molecular weight is 277 g/mol. The topological polar surface area (TPSA) is 48.2 Å². The third kappa shape index (κ3) is 3.63. The van der Waals surface area contributed by atoms with Crippen LogP contribution in [0.25, 0.3) is 0 Å². The van der Waals surface area contributed by atoms with Gasteiger partial charge in [0.25, 0.3) is 0 Å². The minimum atomic E-state index is -4.60. The second kappa shape index (κ2) is 5.73. The molecule has 0 spiro atoms. The van der Waals surface area contributed by atoms with E-state index in [0.717, 1.165) is 23.9 Å². The summed E-state index contributed by atoms with van der Waals surface area (Å²) in [6.45, 7) is 0. The van der Waals surface area contributed by atoms with Gasteiger partial charge in [-0.2, -0.15) is 18.4 Å². The number of halogens is 4. The second-order valence-corrected chi connectivity index (χ2v) is 3.82. The van der Waals surface area contributed by atoms with Crippen LogP contribution in [0, 0.1) is 17.3 Å². The van der Waals surface area contributed by atoms with Crippen molar-refractivity contribution in [1.29, 1.82) is 5.26 Å². The first-order chi connectivity index (χ1) is 8.38. The number of aliphatic imine (C=N–C) groups is 1. The van der Waals surface area contributed by atoms with Crippen molar-refractivity contribution in [2.75, 3.05) is 6.26 Å². The van der Waals surface area contributed by atoms with Crippen molar-refractivity contribution < 1.29 is 17.6 Å². The summed E-state index contributed by atoms with van der Waals surface area (Å²) in [5.74, 6) is -1.10. The molecule has 1 rings (SSSR count). The molecule has 18 heavy (non-hydrogen) atoms. The number of amidine groups is 1. The van der Waals surface area contributed by atoms with Gasteiger partial charge in [-0.25, -0.2) is 9.38 Å². The van der Waals surface area contributed by atoms with Gasteiger partial charge in [-0.05, 0) is 24.5 Å². The minimum Gasteiger partial charge on any atom is -0.271 e. The largest absolute Gasteiger partial charge is 0.416 e. The summed E-state index contributed by atoms with van der Waals surface area (Å²) in [4.78, 5) is 3.69. The molecule has 0 radical (unpaired) electrons. The van der Waals surface area contributed by atoms with Crippen molar-refractivity contribution >= 4 is 22.6 Å². The molecule has 8 heteroatoms. The Morgan fingerprint density at radius 1 is 1.44 bits per heavy atom. The lowest BCUT2D eigenvalue weighted by Gasteiger charge is -2.07. The monoisotopic (exact) mass is 277 g/mol. The van der Waals surface area contributed by atoms with Crippen LogP contribution in [0.2, 0.25) is 0 Å². The maximum Gasteiger partial charge on any atom is 0.416 e. The zero-order valence-corrected chi connectivity index (χ0v) is 9.86. The van der Waals surface area contributed by atoms with Crippen LogP contribution in [-0.4, -0.2) is 11.4 Å². The number of hydrogen-bond donors (Lipinski definition) is 1. The third-order valence-electron chi connectivity index (χ3n) is 1.85. The molecule has 1 aromatic rings. The molecule has 0 saturated heterocycles. The molecule has 0 aromatic heterocycles. The van der Waals surface area contributed by atoms with E-state index in [1.807, 2.05) is 0 Å². The van der Waals surface area contributed by atoms with E-state index < -0.39 is 17.6 Å². The van der Waals surface area contributed by atoms with Crippen LogP contribution in [0.5, 0.6) is 0 Å². The molecule has 0 amide bonds. The van der Waals surface area contributed by atoms with E-state index in [0.29, 0.717) is 6.07 Å². The van der Waals surface area contributed by atoms with E-state index in [1.54, 1.807) is 12.4 Å². The summed E-state index contributed by atoms with van der Waals surface area (Å²) in [6.07, 6.45) is -1.42.